The summed E-state index contributed by atoms with van der Waals surface area (Å²) < 4.78 is 25.5. The van der Waals surface area contributed by atoms with Crippen LogP contribution in [0.5, 0.6) is 5.75 Å². The number of rotatable bonds is 9. The molecule has 0 saturated carbocycles. The fraction of sp³-hybridized carbons (Fsp3) is 0.550. The molecular formula is C20H29FN6O2. The molecule has 1 aliphatic rings. The normalized spacial score (nSPS) is 16.4. The smallest absolute Gasteiger partial charge is 0.191 e. The third kappa shape index (κ3) is 6.42. The van der Waals surface area contributed by atoms with Gasteiger partial charge in [-0.15, -0.1) is 0 Å². The number of aromatic nitrogens is 3. The molecule has 0 bridgehead atoms. The molecule has 1 aromatic heterocycles. The third-order valence-corrected chi connectivity index (χ3v) is 4.69. The highest BCUT2D eigenvalue weighted by Crippen LogP contribution is 2.14. The Balaban J connectivity index is 1.33. The summed E-state index contributed by atoms with van der Waals surface area (Å²) >= 11 is 0. The molecule has 1 unspecified atom stereocenters. The number of nitrogens with zero attached hydrogens (tertiary/aromatic N) is 4. The molecule has 2 aromatic rings. The first-order valence-electron chi connectivity index (χ1n) is 9.95. The minimum absolute atomic E-state index is 0.256. The van der Waals surface area contributed by atoms with E-state index in [0.717, 1.165) is 56.4 Å². The lowest BCUT2D eigenvalue weighted by molar-refractivity contribution is 0.177. The number of methoxy groups -OCH3 is 1. The molecule has 0 radical (unpaired) electrons. The van der Waals surface area contributed by atoms with Crippen molar-refractivity contribution >= 4 is 5.96 Å². The number of aryl methyl sites for hydroxylation is 1. The number of benzene rings is 1. The highest BCUT2D eigenvalue weighted by Gasteiger charge is 2.22. The first-order chi connectivity index (χ1) is 14.2. The van der Waals surface area contributed by atoms with Gasteiger partial charge in [-0.25, -0.2) is 14.1 Å². The second kappa shape index (κ2) is 10.8. The number of unbranched alkanes of at least 4 members (excludes halogenated alkanes) is 1. The van der Waals surface area contributed by atoms with Crippen molar-refractivity contribution in [1.29, 1.82) is 0 Å². The van der Waals surface area contributed by atoms with E-state index < -0.39 is 0 Å². The Bertz CT molecular complexity index is 793. The van der Waals surface area contributed by atoms with Crippen molar-refractivity contribution in [3.05, 3.63) is 41.7 Å². The minimum Gasteiger partial charge on any atom is -0.494 e. The average molecular weight is 404 g/mol. The van der Waals surface area contributed by atoms with Crippen molar-refractivity contribution in [3.63, 3.8) is 0 Å². The standard InChI is InChI=1S/C20H29FN6O2/c1-22-20(23-11-3-4-12-29-17-8-5-15(21)6-9-17)24-16-7-10-19-25-18(14-28-2)26-27(19)13-16/h5-6,8-9,16H,3-4,7,10-14H2,1-2H3,(H2,22,23,24). The molecule has 0 fully saturated rings. The van der Waals surface area contributed by atoms with Crippen LogP contribution in [-0.4, -0.2) is 54.1 Å². The van der Waals surface area contributed by atoms with E-state index in [2.05, 4.69) is 25.7 Å². The molecule has 1 atom stereocenters. The summed E-state index contributed by atoms with van der Waals surface area (Å²) in [5.74, 6) is 2.96. The van der Waals surface area contributed by atoms with Crippen LogP contribution in [0.1, 0.15) is 30.9 Å². The molecule has 8 nitrogen and oxygen atoms in total. The van der Waals surface area contributed by atoms with Gasteiger partial charge in [0.1, 0.15) is 24.0 Å². The number of hydrogen-bond donors (Lipinski definition) is 2. The Labute approximate surface area is 170 Å². The summed E-state index contributed by atoms with van der Waals surface area (Å²) in [5.41, 5.74) is 0. The summed E-state index contributed by atoms with van der Waals surface area (Å²) in [7, 11) is 3.42. The van der Waals surface area contributed by atoms with E-state index in [1.54, 1.807) is 26.3 Å². The van der Waals surface area contributed by atoms with Gasteiger partial charge in [-0.3, -0.25) is 4.99 Å². The number of aliphatic imine (C=N–C) groups is 1. The van der Waals surface area contributed by atoms with Crippen molar-refractivity contribution in [1.82, 2.24) is 25.4 Å². The van der Waals surface area contributed by atoms with Crippen LogP contribution in [0.2, 0.25) is 0 Å². The fourth-order valence-electron chi connectivity index (χ4n) is 3.21. The molecule has 0 aliphatic carbocycles. The molecule has 0 amide bonds. The van der Waals surface area contributed by atoms with Crippen LogP contribution in [0.15, 0.2) is 29.3 Å². The SMILES string of the molecule is CN=C(NCCCCOc1ccc(F)cc1)NC1CCc2nc(COC)nn2C1. The molecule has 1 aromatic carbocycles. The molecule has 29 heavy (non-hydrogen) atoms. The fourth-order valence-corrected chi connectivity index (χ4v) is 3.21. The van der Waals surface area contributed by atoms with Crippen LogP contribution in [-0.2, 0) is 24.3 Å². The molecule has 0 saturated heterocycles. The van der Waals surface area contributed by atoms with Gasteiger partial charge in [-0.1, -0.05) is 0 Å². The quantitative estimate of drug-likeness (QED) is 0.377. The van der Waals surface area contributed by atoms with Gasteiger partial charge in [0.25, 0.3) is 0 Å². The maximum atomic E-state index is 12.9. The van der Waals surface area contributed by atoms with Crippen molar-refractivity contribution in [2.24, 2.45) is 4.99 Å². The van der Waals surface area contributed by atoms with E-state index in [-0.39, 0.29) is 11.9 Å². The van der Waals surface area contributed by atoms with Crippen LogP contribution in [0.25, 0.3) is 0 Å². The van der Waals surface area contributed by atoms with E-state index in [4.69, 9.17) is 9.47 Å². The Kier molecular flexibility index (Phi) is 7.80. The van der Waals surface area contributed by atoms with Gasteiger partial charge >= 0.3 is 0 Å². The zero-order valence-corrected chi connectivity index (χ0v) is 17.0. The van der Waals surface area contributed by atoms with Crippen molar-refractivity contribution in [3.8, 4) is 5.75 Å². The van der Waals surface area contributed by atoms with Crippen LogP contribution in [0, 0.1) is 5.82 Å². The highest BCUT2D eigenvalue weighted by molar-refractivity contribution is 5.79. The number of halogens is 1. The van der Waals surface area contributed by atoms with Gasteiger partial charge < -0.3 is 20.1 Å². The molecule has 2 N–H and O–H groups in total. The summed E-state index contributed by atoms with van der Waals surface area (Å²) in [4.78, 5) is 8.81. The third-order valence-electron chi connectivity index (χ3n) is 4.69. The number of nitrogens with one attached hydrogen (secondary N) is 2. The minimum atomic E-state index is -0.256. The number of hydrogen-bond acceptors (Lipinski definition) is 5. The zero-order chi connectivity index (χ0) is 20.5. The van der Waals surface area contributed by atoms with Crippen LogP contribution >= 0.6 is 0 Å². The number of fused-ring (bicyclic) bond motifs is 1. The Hall–Kier alpha value is -2.68. The van der Waals surface area contributed by atoms with Gasteiger partial charge in [0.15, 0.2) is 11.8 Å². The topological polar surface area (TPSA) is 85.6 Å². The van der Waals surface area contributed by atoms with Crippen molar-refractivity contribution in [2.75, 3.05) is 27.3 Å². The Morgan fingerprint density at radius 3 is 2.90 bits per heavy atom. The van der Waals surface area contributed by atoms with Crippen LogP contribution < -0.4 is 15.4 Å². The van der Waals surface area contributed by atoms with E-state index in [0.29, 0.717) is 19.0 Å². The second-order valence-corrected chi connectivity index (χ2v) is 6.95. The molecule has 2 heterocycles. The average Bonchev–Trinajstić information content (AvgIpc) is 3.13. The van der Waals surface area contributed by atoms with Gasteiger partial charge in [0.2, 0.25) is 0 Å². The summed E-state index contributed by atoms with van der Waals surface area (Å²) in [5, 5.41) is 11.3. The van der Waals surface area contributed by atoms with E-state index in [1.807, 2.05) is 4.68 Å². The van der Waals surface area contributed by atoms with Gasteiger partial charge in [-0.2, -0.15) is 5.10 Å². The molecule has 3 rings (SSSR count). The monoisotopic (exact) mass is 404 g/mol. The summed E-state index contributed by atoms with van der Waals surface area (Å²) in [6.45, 7) is 2.59. The Morgan fingerprint density at radius 1 is 1.31 bits per heavy atom. The Morgan fingerprint density at radius 2 is 2.14 bits per heavy atom. The van der Waals surface area contributed by atoms with Crippen molar-refractivity contribution in [2.45, 2.75) is 44.9 Å². The summed E-state index contributed by atoms with van der Waals surface area (Å²) in [6.07, 6.45) is 3.71. The van der Waals surface area contributed by atoms with Gasteiger partial charge in [0.05, 0.1) is 13.2 Å². The predicted molar refractivity (Wildman–Crippen MR) is 108 cm³/mol. The van der Waals surface area contributed by atoms with Crippen LogP contribution in [0.3, 0.4) is 0 Å². The van der Waals surface area contributed by atoms with Crippen LogP contribution in [0.4, 0.5) is 4.39 Å². The lowest BCUT2D eigenvalue weighted by Gasteiger charge is -2.25. The summed E-state index contributed by atoms with van der Waals surface area (Å²) in [6, 6.07) is 6.34. The van der Waals surface area contributed by atoms with Crippen molar-refractivity contribution < 1.29 is 13.9 Å². The van der Waals surface area contributed by atoms with E-state index in [1.165, 1.54) is 12.1 Å². The second-order valence-electron chi connectivity index (χ2n) is 6.95. The molecule has 9 heteroatoms. The maximum Gasteiger partial charge on any atom is 0.191 e. The van der Waals surface area contributed by atoms with E-state index in [9.17, 15) is 4.39 Å². The molecule has 1 aliphatic heterocycles. The first-order valence-corrected chi connectivity index (χ1v) is 9.95. The van der Waals surface area contributed by atoms with E-state index >= 15 is 0 Å². The van der Waals surface area contributed by atoms with Gasteiger partial charge in [0, 0.05) is 33.2 Å². The zero-order valence-electron chi connectivity index (χ0n) is 17.0. The lowest BCUT2D eigenvalue weighted by atomic mass is 10.1. The maximum absolute atomic E-state index is 12.9. The molecule has 158 valence electrons. The number of ether oxygens (including phenoxy) is 2. The van der Waals surface area contributed by atoms with Gasteiger partial charge in [-0.05, 0) is 43.5 Å². The highest BCUT2D eigenvalue weighted by atomic mass is 19.1. The lowest BCUT2D eigenvalue weighted by Crippen LogP contribution is -2.47. The molecular weight excluding hydrogens is 375 g/mol. The number of guanidine groups is 1. The molecule has 0 spiro atoms. The first kappa shape index (κ1) is 21.0. The largest absolute Gasteiger partial charge is 0.494 e. The predicted octanol–water partition coefficient (Wildman–Crippen LogP) is 1.90.